The van der Waals surface area contributed by atoms with Gasteiger partial charge in [0.2, 0.25) is 0 Å². The Bertz CT molecular complexity index is 486. The molecule has 0 saturated heterocycles. The number of carboxylic acids is 1. The van der Waals surface area contributed by atoms with Gasteiger partial charge in [-0.25, -0.2) is 9.18 Å². The molecule has 19 heavy (non-hydrogen) atoms. The number of halogens is 1. The van der Waals surface area contributed by atoms with Gasteiger partial charge in [-0.2, -0.15) is 0 Å². The summed E-state index contributed by atoms with van der Waals surface area (Å²) in [5, 5.41) is 11.4. The van der Waals surface area contributed by atoms with E-state index in [4.69, 9.17) is 5.11 Å². The molecule has 0 aromatic heterocycles. The molecule has 0 aliphatic heterocycles. The monoisotopic (exact) mass is 267 g/mol. The Morgan fingerprint density at radius 3 is 2.53 bits per heavy atom. The van der Waals surface area contributed by atoms with Crippen molar-refractivity contribution in [3.05, 3.63) is 35.1 Å². The summed E-state index contributed by atoms with van der Waals surface area (Å²) in [6.45, 7) is 5.45. The molecule has 0 saturated carbocycles. The van der Waals surface area contributed by atoms with Crippen LogP contribution >= 0.6 is 0 Å². The minimum absolute atomic E-state index is 0.115. The van der Waals surface area contributed by atoms with Crippen molar-refractivity contribution >= 4 is 11.9 Å². The van der Waals surface area contributed by atoms with Crippen LogP contribution in [0.15, 0.2) is 18.2 Å². The molecule has 1 amide bonds. The Balaban J connectivity index is 2.87. The van der Waals surface area contributed by atoms with E-state index in [1.165, 1.54) is 12.1 Å². The Hall–Kier alpha value is -1.91. The average Bonchev–Trinajstić information content (AvgIpc) is 2.30. The predicted molar refractivity (Wildman–Crippen MR) is 69.5 cm³/mol. The fourth-order valence-corrected chi connectivity index (χ4v) is 1.74. The number of carboxylic acid groups (broad SMARTS) is 1. The number of rotatable bonds is 5. The number of hydrogen-bond acceptors (Lipinski definition) is 2. The predicted octanol–water partition coefficient (Wildman–Crippen LogP) is 2.36. The molecule has 0 aliphatic carbocycles. The van der Waals surface area contributed by atoms with Crippen LogP contribution < -0.4 is 5.32 Å². The number of carbonyl (C=O) groups is 2. The lowest BCUT2D eigenvalue weighted by Gasteiger charge is -2.16. The number of carbonyl (C=O) groups excluding carboxylic acids is 1. The summed E-state index contributed by atoms with van der Waals surface area (Å²) in [6, 6.07) is 3.14. The average molecular weight is 267 g/mol. The molecule has 1 atom stereocenters. The third kappa shape index (κ3) is 4.35. The van der Waals surface area contributed by atoms with Gasteiger partial charge >= 0.3 is 5.97 Å². The Kier molecular flexibility index (Phi) is 5.03. The molecule has 1 aromatic carbocycles. The number of amides is 1. The molecule has 0 heterocycles. The first-order valence-corrected chi connectivity index (χ1v) is 6.11. The van der Waals surface area contributed by atoms with Gasteiger partial charge in [0.05, 0.1) is 5.56 Å². The lowest BCUT2D eigenvalue weighted by atomic mass is 10.0. The number of benzene rings is 1. The van der Waals surface area contributed by atoms with Crippen LogP contribution in [0.1, 0.15) is 36.2 Å². The lowest BCUT2D eigenvalue weighted by Crippen LogP contribution is -2.41. The zero-order chi connectivity index (χ0) is 14.6. The quantitative estimate of drug-likeness (QED) is 0.860. The van der Waals surface area contributed by atoms with Gasteiger partial charge in [-0.15, -0.1) is 0 Å². The van der Waals surface area contributed by atoms with Gasteiger partial charge in [0.1, 0.15) is 11.9 Å². The second-order valence-electron chi connectivity index (χ2n) is 4.98. The van der Waals surface area contributed by atoms with Crippen molar-refractivity contribution in [2.75, 3.05) is 0 Å². The molecule has 0 fully saturated rings. The first-order valence-electron chi connectivity index (χ1n) is 6.11. The van der Waals surface area contributed by atoms with E-state index in [0.717, 1.165) is 5.56 Å². The second-order valence-corrected chi connectivity index (χ2v) is 4.98. The molecule has 1 aromatic rings. The van der Waals surface area contributed by atoms with Gasteiger partial charge in [0.25, 0.3) is 5.91 Å². The Morgan fingerprint density at radius 2 is 2.00 bits per heavy atom. The SMILES string of the molecule is Cc1ccc(F)c(C(=O)N[C@H](CC(C)C)C(=O)O)c1. The van der Waals surface area contributed by atoms with E-state index < -0.39 is 23.7 Å². The molecule has 0 aliphatic rings. The minimum Gasteiger partial charge on any atom is -0.480 e. The Labute approximate surface area is 111 Å². The highest BCUT2D eigenvalue weighted by atomic mass is 19.1. The van der Waals surface area contributed by atoms with E-state index in [0.29, 0.717) is 6.42 Å². The molecule has 0 bridgehead atoms. The van der Waals surface area contributed by atoms with E-state index in [-0.39, 0.29) is 11.5 Å². The van der Waals surface area contributed by atoms with Crippen molar-refractivity contribution < 1.29 is 19.1 Å². The van der Waals surface area contributed by atoms with Crippen LogP contribution in [0.3, 0.4) is 0 Å². The fourth-order valence-electron chi connectivity index (χ4n) is 1.74. The van der Waals surface area contributed by atoms with Gasteiger partial charge in [0, 0.05) is 0 Å². The first kappa shape index (κ1) is 15.1. The lowest BCUT2D eigenvalue weighted by molar-refractivity contribution is -0.139. The maximum absolute atomic E-state index is 13.5. The summed E-state index contributed by atoms with van der Waals surface area (Å²) < 4.78 is 13.5. The molecule has 0 unspecified atom stereocenters. The van der Waals surface area contributed by atoms with Gasteiger partial charge in [-0.3, -0.25) is 4.79 Å². The van der Waals surface area contributed by atoms with E-state index in [1.807, 2.05) is 13.8 Å². The highest BCUT2D eigenvalue weighted by Gasteiger charge is 2.23. The van der Waals surface area contributed by atoms with E-state index in [1.54, 1.807) is 13.0 Å². The summed E-state index contributed by atoms with van der Waals surface area (Å²) in [4.78, 5) is 22.9. The summed E-state index contributed by atoms with van der Waals surface area (Å²) in [5.41, 5.74) is 0.609. The highest BCUT2D eigenvalue weighted by Crippen LogP contribution is 2.11. The van der Waals surface area contributed by atoms with Crippen LogP contribution in [0.5, 0.6) is 0 Å². The van der Waals surface area contributed by atoms with E-state index in [9.17, 15) is 14.0 Å². The fraction of sp³-hybridized carbons (Fsp3) is 0.429. The van der Waals surface area contributed by atoms with Crippen molar-refractivity contribution in [2.24, 2.45) is 5.92 Å². The third-order valence-electron chi connectivity index (χ3n) is 2.68. The summed E-state index contributed by atoms with van der Waals surface area (Å²) in [5.74, 6) is -2.36. The van der Waals surface area contributed by atoms with Crippen LogP contribution in [0.4, 0.5) is 4.39 Å². The topological polar surface area (TPSA) is 66.4 Å². The maximum Gasteiger partial charge on any atom is 0.326 e. The highest BCUT2D eigenvalue weighted by molar-refractivity contribution is 5.96. The zero-order valence-electron chi connectivity index (χ0n) is 11.2. The van der Waals surface area contributed by atoms with E-state index >= 15 is 0 Å². The molecule has 5 heteroatoms. The van der Waals surface area contributed by atoms with Crippen LogP contribution in [0.25, 0.3) is 0 Å². The van der Waals surface area contributed by atoms with Crippen molar-refractivity contribution in [3.63, 3.8) is 0 Å². The molecule has 1 rings (SSSR count). The largest absolute Gasteiger partial charge is 0.480 e. The van der Waals surface area contributed by atoms with Crippen molar-refractivity contribution in [1.82, 2.24) is 5.32 Å². The molecule has 2 N–H and O–H groups in total. The van der Waals surface area contributed by atoms with E-state index in [2.05, 4.69) is 5.32 Å². The summed E-state index contributed by atoms with van der Waals surface area (Å²) in [7, 11) is 0. The zero-order valence-corrected chi connectivity index (χ0v) is 11.2. The Morgan fingerprint density at radius 1 is 1.37 bits per heavy atom. The molecular weight excluding hydrogens is 249 g/mol. The molecule has 0 radical (unpaired) electrons. The van der Waals surface area contributed by atoms with Gasteiger partial charge in [-0.1, -0.05) is 25.5 Å². The molecule has 4 nitrogen and oxygen atoms in total. The minimum atomic E-state index is -1.12. The third-order valence-corrected chi connectivity index (χ3v) is 2.68. The number of nitrogens with one attached hydrogen (secondary N) is 1. The van der Waals surface area contributed by atoms with Gasteiger partial charge in [-0.05, 0) is 31.4 Å². The summed E-state index contributed by atoms with van der Waals surface area (Å²) in [6.07, 6.45) is 0.300. The van der Waals surface area contributed by atoms with Crippen LogP contribution in [0, 0.1) is 18.7 Å². The number of aryl methyl sites for hydroxylation is 1. The molecule has 104 valence electrons. The number of aliphatic carboxylic acids is 1. The first-order chi connectivity index (χ1) is 8.81. The molecule has 0 spiro atoms. The van der Waals surface area contributed by atoms with Crippen LogP contribution in [-0.2, 0) is 4.79 Å². The van der Waals surface area contributed by atoms with Gasteiger partial charge in [0.15, 0.2) is 0 Å². The smallest absolute Gasteiger partial charge is 0.326 e. The maximum atomic E-state index is 13.5. The van der Waals surface area contributed by atoms with Crippen molar-refractivity contribution in [3.8, 4) is 0 Å². The van der Waals surface area contributed by atoms with Gasteiger partial charge < -0.3 is 10.4 Å². The molecular formula is C14H18FNO3. The van der Waals surface area contributed by atoms with Crippen LogP contribution in [0.2, 0.25) is 0 Å². The van der Waals surface area contributed by atoms with Crippen LogP contribution in [-0.4, -0.2) is 23.0 Å². The normalized spacial score (nSPS) is 12.3. The standard InChI is InChI=1S/C14H18FNO3/c1-8(2)6-12(14(18)19)16-13(17)10-7-9(3)4-5-11(10)15/h4-5,7-8,12H,6H2,1-3H3,(H,16,17)(H,18,19)/t12-/m1/s1. The summed E-state index contributed by atoms with van der Waals surface area (Å²) >= 11 is 0. The van der Waals surface area contributed by atoms with Crippen molar-refractivity contribution in [1.29, 1.82) is 0 Å². The van der Waals surface area contributed by atoms with Crippen molar-refractivity contribution in [2.45, 2.75) is 33.2 Å². The second kappa shape index (κ2) is 6.31. The number of hydrogen-bond donors (Lipinski definition) is 2.